The molecule has 1 aromatic carbocycles. The Morgan fingerprint density at radius 2 is 1.95 bits per heavy atom. The molecule has 0 aromatic heterocycles. The lowest BCUT2D eigenvalue weighted by Gasteiger charge is -2.25. The summed E-state index contributed by atoms with van der Waals surface area (Å²) in [6.07, 6.45) is 0.306. The molecule has 1 unspecified atom stereocenters. The number of carboxylic acids is 2. The predicted molar refractivity (Wildman–Crippen MR) is 68.5 cm³/mol. The van der Waals surface area contributed by atoms with E-state index in [1.165, 1.54) is 6.07 Å². The third kappa shape index (κ3) is 3.02. The zero-order valence-electron chi connectivity index (χ0n) is 11.1. The van der Waals surface area contributed by atoms with Crippen molar-refractivity contribution in [2.75, 3.05) is 0 Å². The molecule has 114 valence electrons. The Morgan fingerprint density at radius 1 is 1.29 bits per heavy atom. The van der Waals surface area contributed by atoms with Crippen molar-refractivity contribution in [3.05, 3.63) is 35.4 Å². The van der Waals surface area contributed by atoms with E-state index in [9.17, 15) is 23.5 Å². The summed E-state index contributed by atoms with van der Waals surface area (Å²) in [6, 6.07) is 3.29. The van der Waals surface area contributed by atoms with Crippen molar-refractivity contribution in [1.82, 2.24) is 0 Å². The molecule has 5 nitrogen and oxygen atoms in total. The van der Waals surface area contributed by atoms with Crippen LogP contribution in [0.15, 0.2) is 18.2 Å². The molecular formula is C14H15F2NO4. The van der Waals surface area contributed by atoms with Crippen LogP contribution in [0.25, 0.3) is 0 Å². The van der Waals surface area contributed by atoms with Crippen molar-refractivity contribution >= 4 is 11.9 Å². The second-order valence-electron chi connectivity index (χ2n) is 5.38. The van der Waals surface area contributed by atoms with E-state index in [1.807, 2.05) is 0 Å². The summed E-state index contributed by atoms with van der Waals surface area (Å²) in [4.78, 5) is 22.2. The molecule has 0 saturated heterocycles. The van der Waals surface area contributed by atoms with Gasteiger partial charge in [-0.3, -0.25) is 9.59 Å². The largest absolute Gasteiger partial charge is 0.481 e. The molecule has 0 heterocycles. The molecule has 0 amide bonds. The van der Waals surface area contributed by atoms with Gasteiger partial charge in [-0.2, -0.15) is 0 Å². The van der Waals surface area contributed by atoms with Gasteiger partial charge in [0.2, 0.25) is 0 Å². The van der Waals surface area contributed by atoms with Gasteiger partial charge in [0.25, 0.3) is 0 Å². The first-order valence-electron chi connectivity index (χ1n) is 6.44. The van der Waals surface area contributed by atoms with Gasteiger partial charge >= 0.3 is 11.9 Å². The monoisotopic (exact) mass is 299 g/mol. The van der Waals surface area contributed by atoms with E-state index in [0.29, 0.717) is 5.56 Å². The zero-order chi connectivity index (χ0) is 15.8. The van der Waals surface area contributed by atoms with Gasteiger partial charge in [0.05, 0.1) is 5.92 Å². The van der Waals surface area contributed by atoms with Crippen LogP contribution in [-0.2, 0) is 16.0 Å². The molecule has 2 rings (SSSR count). The zero-order valence-corrected chi connectivity index (χ0v) is 11.1. The Labute approximate surface area is 119 Å². The number of hydrogen-bond acceptors (Lipinski definition) is 3. The molecule has 1 fully saturated rings. The highest BCUT2D eigenvalue weighted by Crippen LogP contribution is 2.47. The Morgan fingerprint density at radius 3 is 2.43 bits per heavy atom. The lowest BCUT2D eigenvalue weighted by Crippen LogP contribution is -2.51. The second-order valence-corrected chi connectivity index (χ2v) is 5.38. The number of rotatable bonds is 6. The van der Waals surface area contributed by atoms with Crippen LogP contribution in [0.5, 0.6) is 0 Å². The van der Waals surface area contributed by atoms with Crippen LogP contribution in [0.2, 0.25) is 0 Å². The summed E-state index contributed by atoms with van der Waals surface area (Å²) in [7, 11) is 0. The lowest BCUT2D eigenvalue weighted by molar-refractivity contribution is -0.145. The molecule has 1 aromatic rings. The molecule has 1 aliphatic carbocycles. The first-order chi connectivity index (χ1) is 9.75. The topological polar surface area (TPSA) is 101 Å². The first-order valence-corrected chi connectivity index (χ1v) is 6.44. The summed E-state index contributed by atoms with van der Waals surface area (Å²) < 4.78 is 25.9. The van der Waals surface area contributed by atoms with Crippen LogP contribution in [0.3, 0.4) is 0 Å². The van der Waals surface area contributed by atoms with E-state index in [4.69, 9.17) is 10.8 Å². The fraction of sp³-hybridized carbons (Fsp3) is 0.429. The predicted octanol–water partition coefficient (Wildman–Crippen LogP) is 1.40. The van der Waals surface area contributed by atoms with Crippen molar-refractivity contribution < 1.29 is 28.6 Å². The highest BCUT2D eigenvalue weighted by Gasteiger charge is 2.57. The number of nitrogens with two attached hydrogens (primary N) is 1. The minimum atomic E-state index is -1.67. The second kappa shape index (κ2) is 5.40. The smallest absolute Gasteiger partial charge is 0.324 e. The van der Waals surface area contributed by atoms with Crippen LogP contribution in [0, 0.1) is 23.5 Å². The molecule has 0 bridgehead atoms. The highest BCUT2D eigenvalue weighted by atomic mass is 19.2. The van der Waals surface area contributed by atoms with Crippen molar-refractivity contribution in [2.45, 2.75) is 24.8 Å². The van der Waals surface area contributed by atoms with Crippen LogP contribution < -0.4 is 5.73 Å². The highest BCUT2D eigenvalue weighted by molar-refractivity contribution is 5.83. The number of benzene rings is 1. The summed E-state index contributed by atoms with van der Waals surface area (Å²) >= 11 is 0. The van der Waals surface area contributed by atoms with Gasteiger partial charge in [0.15, 0.2) is 11.6 Å². The van der Waals surface area contributed by atoms with Gasteiger partial charge in [-0.1, -0.05) is 6.07 Å². The standard InChI is InChI=1S/C14H15F2NO4/c15-10-2-1-7(5-11(10)16)3-4-14(17,13(20)21)9-6-8(9)12(18)19/h1-2,5,8-9H,3-4,6,17H2,(H,18,19)(H,20,21)/t8-,9-,14?/m0/s1. The van der Waals surface area contributed by atoms with E-state index < -0.39 is 40.9 Å². The molecule has 4 N–H and O–H groups in total. The van der Waals surface area contributed by atoms with Gasteiger partial charge in [0, 0.05) is 5.92 Å². The normalized spacial score (nSPS) is 23.4. The maximum Gasteiger partial charge on any atom is 0.324 e. The molecule has 3 atom stereocenters. The van der Waals surface area contributed by atoms with E-state index in [-0.39, 0.29) is 19.3 Å². The Bertz CT molecular complexity index is 592. The quantitative estimate of drug-likeness (QED) is 0.737. The maximum absolute atomic E-state index is 13.1. The summed E-state index contributed by atoms with van der Waals surface area (Å²) in [5.74, 6) is -5.74. The molecule has 1 saturated carbocycles. The first kappa shape index (κ1) is 15.4. The molecule has 0 spiro atoms. The summed E-state index contributed by atoms with van der Waals surface area (Å²) in [5.41, 5.74) is 4.60. The minimum absolute atomic E-state index is 0.0398. The third-order valence-corrected chi connectivity index (χ3v) is 3.98. The number of carboxylic acid groups (broad SMARTS) is 2. The number of halogens is 2. The van der Waals surface area contributed by atoms with Gasteiger partial charge in [-0.15, -0.1) is 0 Å². The maximum atomic E-state index is 13.1. The Kier molecular flexibility index (Phi) is 3.95. The van der Waals surface area contributed by atoms with E-state index in [0.717, 1.165) is 12.1 Å². The fourth-order valence-electron chi connectivity index (χ4n) is 2.53. The van der Waals surface area contributed by atoms with Gasteiger partial charge < -0.3 is 15.9 Å². The van der Waals surface area contributed by atoms with E-state index in [2.05, 4.69) is 0 Å². The van der Waals surface area contributed by atoms with Crippen molar-refractivity contribution in [3.63, 3.8) is 0 Å². The van der Waals surface area contributed by atoms with E-state index >= 15 is 0 Å². The average molecular weight is 299 g/mol. The van der Waals surface area contributed by atoms with Gasteiger partial charge in [-0.25, -0.2) is 8.78 Å². The van der Waals surface area contributed by atoms with Crippen LogP contribution >= 0.6 is 0 Å². The van der Waals surface area contributed by atoms with Crippen molar-refractivity contribution in [1.29, 1.82) is 0 Å². The number of carbonyl (C=O) groups is 2. The number of aliphatic carboxylic acids is 2. The molecule has 21 heavy (non-hydrogen) atoms. The Balaban J connectivity index is 2.09. The minimum Gasteiger partial charge on any atom is -0.481 e. The third-order valence-electron chi connectivity index (χ3n) is 3.98. The number of hydrogen-bond donors (Lipinski definition) is 3. The summed E-state index contributed by atoms with van der Waals surface area (Å²) in [5, 5.41) is 18.1. The van der Waals surface area contributed by atoms with E-state index in [1.54, 1.807) is 0 Å². The molecule has 0 aliphatic heterocycles. The Hall–Kier alpha value is -2.02. The SMILES string of the molecule is NC(CCc1ccc(F)c(F)c1)(C(=O)O)[C@H]1C[C@@H]1C(=O)O. The molecule has 7 heteroatoms. The molecular weight excluding hydrogens is 284 g/mol. The number of aryl methyl sites for hydroxylation is 1. The lowest BCUT2D eigenvalue weighted by atomic mass is 9.86. The van der Waals surface area contributed by atoms with Gasteiger partial charge in [-0.05, 0) is 37.0 Å². The van der Waals surface area contributed by atoms with Crippen molar-refractivity contribution in [2.24, 2.45) is 17.6 Å². The molecule has 0 radical (unpaired) electrons. The summed E-state index contributed by atoms with van der Waals surface area (Å²) in [6.45, 7) is 0. The van der Waals surface area contributed by atoms with Crippen molar-refractivity contribution in [3.8, 4) is 0 Å². The fourth-order valence-corrected chi connectivity index (χ4v) is 2.53. The van der Waals surface area contributed by atoms with Crippen LogP contribution in [-0.4, -0.2) is 27.7 Å². The molecule has 1 aliphatic rings. The van der Waals surface area contributed by atoms with Crippen LogP contribution in [0.1, 0.15) is 18.4 Å². The van der Waals surface area contributed by atoms with Gasteiger partial charge in [0.1, 0.15) is 5.54 Å². The average Bonchev–Trinajstić information content (AvgIpc) is 3.20. The van der Waals surface area contributed by atoms with Crippen LogP contribution in [0.4, 0.5) is 8.78 Å².